The van der Waals surface area contributed by atoms with Gasteiger partial charge in [-0.05, 0) is 19.3 Å². The van der Waals surface area contributed by atoms with Crippen LogP contribution in [0.3, 0.4) is 0 Å². The maximum atomic E-state index is 5.57. The Morgan fingerprint density at radius 1 is 1.47 bits per heavy atom. The molecule has 0 saturated carbocycles. The molecule has 0 aromatic carbocycles. The molecule has 1 atom stereocenters. The maximum absolute atomic E-state index is 5.57. The summed E-state index contributed by atoms with van der Waals surface area (Å²) in [5, 5.41) is 3.26. The summed E-state index contributed by atoms with van der Waals surface area (Å²) >= 11 is 0. The minimum atomic E-state index is 0.357. The molecule has 0 spiro atoms. The van der Waals surface area contributed by atoms with Gasteiger partial charge in [0.05, 0.1) is 6.10 Å². The normalized spacial score (nSPS) is 18.5. The molecule has 1 aliphatic heterocycles. The highest BCUT2D eigenvalue weighted by Crippen LogP contribution is 2.16. The highest BCUT2D eigenvalue weighted by atomic mass is 16.5. The highest BCUT2D eigenvalue weighted by Gasteiger charge is 2.14. The number of rotatable bonds is 7. The standard InChI is InChI=1S/C12H21N5O2/c1-18-8-12-15-10(7-11(16-12)17-13)14-5-4-9-3-2-6-19-9/h7,9H,2-6,8,13H2,1H3,(H2,14,15,16,17). The van der Waals surface area contributed by atoms with E-state index in [0.29, 0.717) is 24.4 Å². The molecule has 0 bridgehead atoms. The lowest BCUT2D eigenvalue weighted by atomic mass is 10.2. The van der Waals surface area contributed by atoms with Crippen molar-refractivity contribution >= 4 is 11.6 Å². The van der Waals surface area contributed by atoms with Gasteiger partial charge in [-0.3, -0.25) is 0 Å². The molecule has 0 aliphatic carbocycles. The number of nitrogens with one attached hydrogen (secondary N) is 2. The molecule has 1 aromatic heterocycles. The first kappa shape index (κ1) is 14.0. The number of hydrogen-bond donors (Lipinski definition) is 3. The van der Waals surface area contributed by atoms with E-state index in [2.05, 4.69) is 20.7 Å². The Labute approximate surface area is 112 Å². The first-order chi connectivity index (χ1) is 9.31. The van der Waals surface area contributed by atoms with Gasteiger partial charge in [0.1, 0.15) is 18.2 Å². The smallest absolute Gasteiger partial charge is 0.158 e. The van der Waals surface area contributed by atoms with Crippen LogP contribution in [0.5, 0.6) is 0 Å². The van der Waals surface area contributed by atoms with Crippen molar-refractivity contribution in [2.45, 2.75) is 32.0 Å². The topological polar surface area (TPSA) is 94.3 Å². The van der Waals surface area contributed by atoms with Gasteiger partial charge in [0.15, 0.2) is 5.82 Å². The zero-order valence-electron chi connectivity index (χ0n) is 11.2. The van der Waals surface area contributed by atoms with Gasteiger partial charge in [-0.2, -0.15) is 0 Å². The molecule has 7 nitrogen and oxygen atoms in total. The minimum Gasteiger partial charge on any atom is -0.378 e. The quantitative estimate of drug-likeness (QED) is 0.499. The van der Waals surface area contributed by atoms with Gasteiger partial charge in [-0.1, -0.05) is 0 Å². The lowest BCUT2D eigenvalue weighted by Crippen LogP contribution is -2.15. The predicted molar refractivity (Wildman–Crippen MR) is 72.6 cm³/mol. The van der Waals surface area contributed by atoms with Crippen molar-refractivity contribution in [2.75, 3.05) is 31.0 Å². The molecule has 2 rings (SSSR count). The summed E-state index contributed by atoms with van der Waals surface area (Å²) < 4.78 is 10.6. The van der Waals surface area contributed by atoms with E-state index in [4.69, 9.17) is 15.3 Å². The van der Waals surface area contributed by atoms with Crippen molar-refractivity contribution in [1.82, 2.24) is 9.97 Å². The van der Waals surface area contributed by atoms with Crippen LogP contribution >= 0.6 is 0 Å². The van der Waals surface area contributed by atoms with Gasteiger partial charge in [-0.25, -0.2) is 15.8 Å². The van der Waals surface area contributed by atoms with E-state index >= 15 is 0 Å². The summed E-state index contributed by atoms with van der Waals surface area (Å²) in [7, 11) is 1.61. The number of nitrogens with zero attached hydrogens (tertiary/aromatic N) is 2. The Balaban J connectivity index is 1.88. The van der Waals surface area contributed by atoms with Gasteiger partial charge < -0.3 is 20.2 Å². The zero-order chi connectivity index (χ0) is 13.5. The van der Waals surface area contributed by atoms with Gasteiger partial charge in [0.2, 0.25) is 0 Å². The molecular formula is C12H21N5O2. The Hall–Kier alpha value is -1.44. The molecule has 1 aromatic rings. The van der Waals surface area contributed by atoms with Gasteiger partial charge in [0.25, 0.3) is 0 Å². The molecule has 1 unspecified atom stereocenters. The summed E-state index contributed by atoms with van der Waals surface area (Å²) in [6.45, 7) is 2.06. The van der Waals surface area contributed by atoms with Crippen LogP contribution in [0, 0.1) is 0 Å². The second-order valence-corrected chi connectivity index (χ2v) is 4.48. The van der Waals surface area contributed by atoms with Crippen LogP contribution in [0.15, 0.2) is 6.07 Å². The molecule has 4 N–H and O–H groups in total. The van der Waals surface area contributed by atoms with Gasteiger partial charge in [0, 0.05) is 26.3 Å². The van der Waals surface area contributed by atoms with Crippen molar-refractivity contribution in [3.05, 3.63) is 11.9 Å². The number of aromatic nitrogens is 2. The van der Waals surface area contributed by atoms with E-state index in [0.717, 1.165) is 38.2 Å². The Bertz CT molecular complexity index is 396. The minimum absolute atomic E-state index is 0.357. The van der Waals surface area contributed by atoms with E-state index in [1.807, 2.05) is 0 Å². The molecule has 0 radical (unpaired) electrons. The fourth-order valence-electron chi connectivity index (χ4n) is 2.09. The number of ether oxygens (including phenoxy) is 2. The predicted octanol–water partition coefficient (Wildman–Crippen LogP) is 0.890. The third-order valence-corrected chi connectivity index (χ3v) is 2.99. The molecule has 19 heavy (non-hydrogen) atoms. The van der Waals surface area contributed by atoms with Crippen LogP contribution in [-0.4, -0.2) is 36.3 Å². The number of nitrogens with two attached hydrogens (primary N) is 1. The molecule has 1 saturated heterocycles. The number of hydrogen-bond acceptors (Lipinski definition) is 7. The second-order valence-electron chi connectivity index (χ2n) is 4.48. The molecule has 7 heteroatoms. The monoisotopic (exact) mass is 267 g/mol. The lowest BCUT2D eigenvalue weighted by Gasteiger charge is -2.12. The Kier molecular flexibility index (Phi) is 5.31. The Morgan fingerprint density at radius 2 is 2.32 bits per heavy atom. The van der Waals surface area contributed by atoms with E-state index in [1.54, 1.807) is 13.2 Å². The van der Waals surface area contributed by atoms with Crippen LogP contribution < -0.4 is 16.6 Å². The molecule has 0 amide bonds. The number of anilines is 2. The number of hydrazine groups is 1. The summed E-state index contributed by atoms with van der Waals surface area (Å²) in [6.07, 6.45) is 3.67. The molecule has 2 heterocycles. The van der Waals surface area contributed by atoms with Crippen LogP contribution in [0.1, 0.15) is 25.1 Å². The largest absolute Gasteiger partial charge is 0.378 e. The third kappa shape index (κ3) is 4.30. The zero-order valence-corrected chi connectivity index (χ0v) is 11.2. The van der Waals surface area contributed by atoms with Crippen LogP contribution in [0.25, 0.3) is 0 Å². The average Bonchev–Trinajstić information content (AvgIpc) is 2.92. The average molecular weight is 267 g/mol. The molecule has 1 fully saturated rings. The lowest BCUT2D eigenvalue weighted by molar-refractivity contribution is 0.107. The molecule has 1 aliphatic rings. The maximum Gasteiger partial charge on any atom is 0.158 e. The number of methoxy groups -OCH3 is 1. The van der Waals surface area contributed by atoms with Gasteiger partial charge >= 0.3 is 0 Å². The van der Waals surface area contributed by atoms with E-state index in [-0.39, 0.29) is 0 Å². The van der Waals surface area contributed by atoms with E-state index in [9.17, 15) is 0 Å². The fourth-order valence-corrected chi connectivity index (χ4v) is 2.09. The third-order valence-electron chi connectivity index (χ3n) is 2.99. The van der Waals surface area contributed by atoms with E-state index < -0.39 is 0 Å². The van der Waals surface area contributed by atoms with Crippen molar-refractivity contribution in [1.29, 1.82) is 0 Å². The summed E-state index contributed by atoms with van der Waals surface area (Å²) in [5.41, 5.74) is 2.53. The summed E-state index contributed by atoms with van der Waals surface area (Å²) in [6, 6.07) is 1.77. The van der Waals surface area contributed by atoms with Crippen molar-refractivity contribution in [3.63, 3.8) is 0 Å². The number of nitrogen functional groups attached to an aromatic ring is 1. The van der Waals surface area contributed by atoms with Crippen LogP contribution in [0.2, 0.25) is 0 Å². The SMILES string of the molecule is COCc1nc(NN)cc(NCCC2CCCO2)n1. The van der Waals surface area contributed by atoms with Crippen molar-refractivity contribution < 1.29 is 9.47 Å². The van der Waals surface area contributed by atoms with Gasteiger partial charge in [-0.15, -0.1) is 0 Å². The molecule has 106 valence electrons. The van der Waals surface area contributed by atoms with E-state index in [1.165, 1.54) is 0 Å². The highest BCUT2D eigenvalue weighted by molar-refractivity contribution is 5.46. The summed E-state index contributed by atoms with van der Waals surface area (Å²) in [5.74, 6) is 7.29. The summed E-state index contributed by atoms with van der Waals surface area (Å²) in [4.78, 5) is 8.54. The fraction of sp³-hybridized carbons (Fsp3) is 0.667. The second kappa shape index (κ2) is 7.22. The Morgan fingerprint density at radius 3 is 3.00 bits per heavy atom. The van der Waals surface area contributed by atoms with Crippen LogP contribution in [-0.2, 0) is 16.1 Å². The molecular weight excluding hydrogens is 246 g/mol. The van der Waals surface area contributed by atoms with Crippen molar-refractivity contribution in [3.8, 4) is 0 Å². The van der Waals surface area contributed by atoms with Crippen molar-refractivity contribution in [2.24, 2.45) is 5.84 Å². The van der Waals surface area contributed by atoms with Crippen LogP contribution in [0.4, 0.5) is 11.6 Å². The first-order valence-corrected chi connectivity index (χ1v) is 6.51. The first-order valence-electron chi connectivity index (χ1n) is 6.51.